The van der Waals surface area contributed by atoms with E-state index >= 15 is 0 Å². The summed E-state index contributed by atoms with van der Waals surface area (Å²) < 4.78 is 25.4. The molecule has 1 aromatic rings. The Balaban J connectivity index is 2.80. The van der Waals surface area contributed by atoms with E-state index in [9.17, 15) is 13.6 Å². The van der Waals surface area contributed by atoms with Crippen LogP contribution in [-0.4, -0.2) is 40.2 Å². The molecule has 8 heteroatoms. The first kappa shape index (κ1) is 13.6. The van der Waals surface area contributed by atoms with Crippen molar-refractivity contribution in [3.63, 3.8) is 0 Å². The molecule has 0 aliphatic heterocycles. The van der Waals surface area contributed by atoms with Gasteiger partial charge < -0.3 is 15.5 Å². The Hall–Kier alpha value is -1.47. The zero-order chi connectivity index (χ0) is 13.1. The van der Waals surface area contributed by atoms with Crippen LogP contribution in [0.15, 0.2) is 12.1 Å². The van der Waals surface area contributed by atoms with Crippen LogP contribution in [0.1, 0.15) is 10.5 Å². The summed E-state index contributed by atoms with van der Waals surface area (Å²) in [5, 5.41) is 19.2. The molecule has 0 amide bonds. The van der Waals surface area contributed by atoms with E-state index in [4.69, 9.17) is 21.8 Å². The fourth-order valence-electron chi connectivity index (χ4n) is 0.966. The molecule has 3 N–H and O–H groups in total. The Morgan fingerprint density at radius 1 is 1.53 bits per heavy atom. The molecule has 0 saturated heterocycles. The summed E-state index contributed by atoms with van der Waals surface area (Å²) in [7, 11) is 0. The number of aliphatic hydroxyl groups is 1. The first-order valence-corrected chi connectivity index (χ1v) is 4.86. The number of carboxylic acids is 1. The van der Waals surface area contributed by atoms with Crippen LogP contribution in [0.25, 0.3) is 0 Å². The van der Waals surface area contributed by atoms with Crippen LogP contribution in [0.2, 0.25) is 5.02 Å². The van der Waals surface area contributed by atoms with Crippen molar-refractivity contribution in [2.24, 2.45) is 0 Å². The van der Waals surface area contributed by atoms with E-state index in [1.54, 1.807) is 0 Å². The third kappa shape index (κ3) is 3.79. The van der Waals surface area contributed by atoms with Crippen LogP contribution < -0.4 is 5.32 Å². The monoisotopic (exact) mass is 266 g/mol. The highest BCUT2D eigenvalue weighted by Crippen LogP contribution is 2.18. The number of nitrogens with zero attached hydrogens (tertiary/aromatic N) is 1. The average Bonchev–Trinajstić information content (AvgIpc) is 2.27. The Morgan fingerprint density at radius 3 is 2.71 bits per heavy atom. The molecule has 0 aliphatic rings. The molecule has 0 spiro atoms. The minimum absolute atomic E-state index is 0.0556. The molecule has 0 radical (unpaired) electrons. The smallest absolute Gasteiger partial charge is 0.356 e. The number of aromatic nitrogens is 1. The summed E-state index contributed by atoms with van der Waals surface area (Å²) in [6.45, 7) is -2.16. The van der Waals surface area contributed by atoms with Crippen LogP contribution in [0, 0.1) is 0 Å². The van der Waals surface area contributed by atoms with Crippen molar-refractivity contribution in [3.05, 3.63) is 22.8 Å². The number of carbonyl (C=O) groups is 1. The number of pyridine rings is 1. The van der Waals surface area contributed by atoms with Crippen molar-refractivity contribution in [2.75, 3.05) is 18.5 Å². The molecule has 0 aromatic carbocycles. The second-order valence-corrected chi connectivity index (χ2v) is 3.61. The second kappa shape index (κ2) is 5.24. The molecule has 5 nitrogen and oxygen atoms in total. The number of alkyl halides is 2. The van der Waals surface area contributed by atoms with Gasteiger partial charge in [0.05, 0.1) is 11.6 Å². The SMILES string of the molecule is O=C(O)c1nc(NCC(F)(F)CO)ccc1Cl. The number of hydrogen-bond donors (Lipinski definition) is 3. The Bertz CT molecular complexity index is 429. The molecule has 17 heavy (non-hydrogen) atoms. The van der Waals surface area contributed by atoms with Crippen LogP contribution in [0.4, 0.5) is 14.6 Å². The highest BCUT2D eigenvalue weighted by Gasteiger charge is 2.27. The fraction of sp³-hybridized carbons (Fsp3) is 0.333. The van der Waals surface area contributed by atoms with Crippen molar-refractivity contribution >= 4 is 23.4 Å². The zero-order valence-electron chi connectivity index (χ0n) is 8.45. The van der Waals surface area contributed by atoms with Gasteiger partial charge in [-0.1, -0.05) is 11.6 Å². The van der Waals surface area contributed by atoms with Gasteiger partial charge in [0.2, 0.25) is 0 Å². The van der Waals surface area contributed by atoms with Gasteiger partial charge in [0.25, 0.3) is 5.92 Å². The van der Waals surface area contributed by atoms with E-state index in [0.717, 1.165) is 0 Å². The quantitative estimate of drug-likeness (QED) is 0.752. The Kier molecular flexibility index (Phi) is 4.19. The van der Waals surface area contributed by atoms with Crippen molar-refractivity contribution < 1.29 is 23.8 Å². The number of halogens is 3. The number of rotatable bonds is 5. The van der Waals surface area contributed by atoms with Gasteiger partial charge in [-0.25, -0.2) is 18.6 Å². The van der Waals surface area contributed by atoms with Gasteiger partial charge in [-0.2, -0.15) is 0 Å². The van der Waals surface area contributed by atoms with E-state index in [1.807, 2.05) is 0 Å². The van der Waals surface area contributed by atoms with Gasteiger partial charge in [0.1, 0.15) is 12.4 Å². The third-order valence-electron chi connectivity index (χ3n) is 1.81. The predicted molar refractivity (Wildman–Crippen MR) is 56.7 cm³/mol. The van der Waals surface area contributed by atoms with Crippen LogP contribution in [0.5, 0.6) is 0 Å². The summed E-state index contributed by atoms with van der Waals surface area (Å²) in [4.78, 5) is 14.2. The molecule has 1 heterocycles. The van der Waals surface area contributed by atoms with Crippen molar-refractivity contribution in [1.82, 2.24) is 4.98 Å². The molecule has 0 bridgehead atoms. The maximum atomic E-state index is 12.7. The lowest BCUT2D eigenvalue weighted by Crippen LogP contribution is -2.31. The van der Waals surface area contributed by atoms with Gasteiger partial charge in [0, 0.05) is 0 Å². The van der Waals surface area contributed by atoms with Gasteiger partial charge in [0.15, 0.2) is 5.69 Å². The van der Waals surface area contributed by atoms with Crippen LogP contribution >= 0.6 is 11.6 Å². The number of aromatic carboxylic acids is 1. The first-order valence-electron chi connectivity index (χ1n) is 4.48. The number of hydrogen-bond acceptors (Lipinski definition) is 4. The van der Waals surface area contributed by atoms with Gasteiger partial charge >= 0.3 is 5.97 Å². The normalized spacial score (nSPS) is 11.3. The minimum Gasteiger partial charge on any atom is -0.476 e. The van der Waals surface area contributed by atoms with Gasteiger partial charge in [-0.15, -0.1) is 0 Å². The van der Waals surface area contributed by atoms with Crippen molar-refractivity contribution in [2.45, 2.75) is 5.92 Å². The maximum absolute atomic E-state index is 12.7. The molecule has 0 atom stereocenters. The number of anilines is 1. The third-order valence-corrected chi connectivity index (χ3v) is 2.11. The highest BCUT2D eigenvalue weighted by molar-refractivity contribution is 6.33. The second-order valence-electron chi connectivity index (χ2n) is 3.20. The summed E-state index contributed by atoms with van der Waals surface area (Å²) in [6.07, 6.45) is 0. The lowest BCUT2D eigenvalue weighted by molar-refractivity contribution is -0.0373. The molecule has 0 saturated carbocycles. The molecular formula is C9H9ClF2N2O3. The Labute approximate surface area is 100 Å². The average molecular weight is 267 g/mol. The molecule has 0 aliphatic carbocycles. The summed E-state index contributed by atoms with van der Waals surface area (Å²) in [6, 6.07) is 2.50. The lowest BCUT2D eigenvalue weighted by atomic mass is 10.3. The van der Waals surface area contributed by atoms with Crippen LogP contribution in [0.3, 0.4) is 0 Å². The molecule has 0 unspecified atom stereocenters. The fourth-order valence-corrected chi connectivity index (χ4v) is 1.15. The topological polar surface area (TPSA) is 82.5 Å². The maximum Gasteiger partial charge on any atom is 0.356 e. The van der Waals surface area contributed by atoms with E-state index in [2.05, 4.69) is 10.3 Å². The molecule has 94 valence electrons. The summed E-state index contributed by atoms with van der Waals surface area (Å²) in [5.41, 5.74) is -0.427. The zero-order valence-corrected chi connectivity index (χ0v) is 9.21. The van der Waals surface area contributed by atoms with Gasteiger partial charge in [-0.3, -0.25) is 0 Å². The van der Waals surface area contributed by atoms with E-state index in [-0.39, 0.29) is 10.8 Å². The highest BCUT2D eigenvalue weighted by atomic mass is 35.5. The largest absolute Gasteiger partial charge is 0.476 e. The molecule has 1 rings (SSSR count). The summed E-state index contributed by atoms with van der Waals surface area (Å²) >= 11 is 5.55. The molecule has 1 aromatic heterocycles. The molecule has 0 fully saturated rings. The van der Waals surface area contributed by atoms with Crippen LogP contribution in [-0.2, 0) is 0 Å². The van der Waals surface area contributed by atoms with E-state index in [0.29, 0.717) is 0 Å². The van der Waals surface area contributed by atoms with Gasteiger partial charge in [-0.05, 0) is 12.1 Å². The predicted octanol–water partition coefficient (Wildman–Crippen LogP) is 1.47. The van der Waals surface area contributed by atoms with Crippen molar-refractivity contribution in [3.8, 4) is 0 Å². The van der Waals surface area contributed by atoms with E-state index in [1.165, 1.54) is 12.1 Å². The van der Waals surface area contributed by atoms with Crippen molar-refractivity contribution in [1.29, 1.82) is 0 Å². The molecular weight excluding hydrogens is 258 g/mol. The standard InChI is InChI=1S/C9H9ClF2N2O3/c10-5-1-2-6(14-7(5)8(16)17)13-3-9(11,12)4-15/h1-2,15H,3-4H2,(H,13,14)(H,16,17). The number of aliphatic hydroxyl groups excluding tert-OH is 1. The summed E-state index contributed by atoms with van der Waals surface area (Å²) in [5.74, 6) is -4.71. The first-order chi connectivity index (χ1) is 7.85. The number of carboxylic acid groups (broad SMARTS) is 1. The lowest BCUT2D eigenvalue weighted by Gasteiger charge is -2.14. The number of nitrogens with one attached hydrogen (secondary N) is 1. The van der Waals surface area contributed by atoms with E-state index < -0.39 is 30.7 Å². The Morgan fingerprint density at radius 2 is 2.18 bits per heavy atom. The minimum atomic E-state index is -3.30.